The average molecular weight is 435 g/mol. The van der Waals surface area contributed by atoms with E-state index in [2.05, 4.69) is 44.2 Å². The van der Waals surface area contributed by atoms with Crippen molar-refractivity contribution in [3.8, 4) is 0 Å². The Labute approximate surface area is 97.2 Å². The number of halogens is 2. The van der Waals surface area contributed by atoms with Gasteiger partial charge in [0.2, 0.25) is 0 Å². The van der Waals surface area contributed by atoms with Crippen molar-refractivity contribution in [1.29, 1.82) is 0 Å². The molecule has 0 saturated carbocycles. The van der Waals surface area contributed by atoms with E-state index in [1.807, 2.05) is 20.8 Å². The van der Waals surface area contributed by atoms with Crippen LogP contribution < -0.4 is 0 Å². The number of hydrogen-bond donors (Lipinski definition) is 0. The Hall–Kier alpha value is 1.55. The zero-order valence-electron chi connectivity index (χ0n) is 7.28. The summed E-state index contributed by atoms with van der Waals surface area (Å²) < 4.78 is 4.48. The van der Waals surface area contributed by atoms with Gasteiger partial charge in [0, 0.05) is 0 Å². The van der Waals surface area contributed by atoms with E-state index in [9.17, 15) is 4.79 Å². The third-order valence-electron chi connectivity index (χ3n) is 0.798. The van der Waals surface area contributed by atoms with E-state index in [0.717, 1.165) is 0 Å². The fraction of sp³-hybridized carbons (Fsp3) is 0.833. The molecule has 0 aromatic heterocycles. The zero-order valence-corrected chi connectivity index (χ0v) is 14.6. The van der Waals surface area contributed by atoms with Crippen molar-refractivity contribution in [3.05, 3.63) is 0 Å². The van der Waals surface area contributed by atoms with E-state index in [4.69, 9.17) is 0 Å². The van der Waals surface area contributed by atoms with Crippen molar-refractivity contribution in [1.82, 2.24) is 0 Å². The van der Waals surface area contributed by atoms with Gasteiger partial charge in [-0.25, -0.2) is 0 Å². The normalized spacial score (nSPS) is 8.91. The van der Waals surface area contributed by atoms with Gasteiger partial charge in [-0.05, 0) is 20.8 Å². The van der Waals surface area contributed by atoms with Gasteiger partial charge < -0.3 is 4.74 Å². The molecule has 0 spiro atoms. The molecule has 0 rings (SSSR count). The van der Waals surface area contributed by atoms with E-state index in [1.165, 1.54) is 7.11 Å². The monoisotopic (exact) mass is 434 g/mol. The number of hydrogen-bond acceptors (Lipinski definition) is 2. The maximum atomic E-state index is 10.6. The summed E-state index contributed by atoms with van der Waals surface area (Å²) in [5.74, 6) is -0.169. The number of carbonyl (C=O) groups excluding carboxylic acids is 1. The van der Waals surface area contributed by atoms with Crippen LogP contribution in [0.4, 0.5) is 0 Å². The summed E-state index contributed by atoms with van der Waals surface area (Å²) in [6.07, 6.45) is 0. The van der Waals surface area contributed by atoms with E-state index >= 15 is 0 Å². The van der Waals surface area contributed by atoms with Crippen molar-refractivity contribution in [2.24, 2.45) is 5.41 Å². The molecular formula is C6H12I2O2Zn. The first kappa shape index (κ1) is 15.0. The van der Waals surface area contributed by atoms with Crippen LogP contribution in [0.2, 0.25) is 0 Å². The molecule has 5 heteroatoms. The molecule has 0 bridgehead atoms. The third-order valence-corrected chi connectivity index (χ3v) is 0.798. The van der Waals surface area contributed by atoms with Crippen molar-refractivity contribution in [3.63, 3.8) is 0 Å². The van der Waals surface area contributed by atoms with Crippen LogP contribution >= 0.6 is 39.5 Å². The Morgan fingerprint density at radius 3 is 1.64 bits per heavy atom. The van der Waals surface area contributed by atoms with Gasteiger partial charge in [0.1, 0.15) is 0 Å². The summed E-state index contributed by atoms with van der Waals surface area (Å²) >= 11 is 4.93. The van der Waals surface area contributed by atoms with Gasteiger partial charge in [-0.1, -0.05) is 0 Å². The predicted octanol–water partition coefficient (Wildman–Crippen LogP) is 2.97. The molecule has 0 atom stereocenters. The molecule has 2 nitrogen and oxygen atoms in total. The van der Waals surface area contributed by atoms with Gasteiger partial charge >= 0.3 is 55.6 Å². The molecule has 0 saturated heterocycles. The summed E-state index contributed by atoms with van der Waals surface area (Å²) in [5, 5.41) is 0. The minimum absolute atomic E-state index is 0.0650. The van der Waals surface area contributed by atoms with Gasteiger partial charge in [0.05, 0.1) is 12.5 Å². The molecule has 0 amide bonds. The quantitative estimate of drug-likeness (QED) is 0.332. The number of rotatable bonds is 0. The Balaban J connectivity index is 0. The minimum atomic E-state index is -0.352. The molecule has 0 N–H and O–H groups in total. The molecular weight excluding hydrogens is 423 g/mol. The summed E-state index contributed by atoms with van der Waals surface area (Å²) in [7, 11) is 1.46. The van der Waals surface area contributed by atoms with Crippen molar-refractivity contribution < 1.29 is 19.6 Å². The van der Waals surface area contributed by atoms with Crippen LogP contribution in [0.1, 0.15) is 20.8 Å². The van der Waals surface area contributed by atoms with Gasteiger partial charge in [-0.3, -0.25) is 4.79 Å². The molecule has 0 radical (unpaired) electrons. The second-order valence-corrected chi connectivity index (χ2v) is 26.4. The SMILES string of the molecule is COC(=O)C(C)(C)C.[I][Zn][I]. The van der Waals surface area contributed by atoms with Gasteiger partial charge in [-0.15, -0.1) is 0 Å². The van der Waals surface area contributed by atoms with E-state index < -0.39 is 0 Å². The van der Waals surface area contributed by atoms with E-state index in [0.29, 0.717) is 0 Å². The van der Waals surface area contributed by atoms with Gasteiger partial charge in [0.25, 0.3) is 0 Å². The van der Waals surface area contributed by atoms with Crippen LogP contribution in [0.25, 0.3) is 0 Å². The van der Waals surface area contributed by atoms with Crippen molar-refractivity contribution >= 4 is 45.5 Å². The average Bonchev–Trinajstić information content (AvgIpc) is 1.86. The molecule has 0 heterocycles. The Bertz CT molecular complexity index is 112. The van der Waals surface area contributed by atoms with Crippen molar-refractivity contribution in [2.75, 3.05) is 7.11 Å². The Morgan fingerprint density at radius 2 is 1.64 bits per heavy atom. The van der Waals surface area contributed by atoms with Crippen LogP contribution in [0.5, 0.6) is 0 Å². The van der Waals surface area contributed by atoms with E-state index in [1.54, 1.807) is 0 Å². The molecule has 0 unspecified atom stereocenters. The number of ether oxygens (including phenoxy) is 1. The second-order valence-electron chi connectivity index (χ2n) is 2.84. The van der Waals surface area contributed by atoms with Crippen molar-refractivity contribution in [2.45, 2.75) is 20.8 Å². The third kappa shape index (κ3) is 11.6. The van der Waals surface area contributed by atoms with Crippen LogP contribution in [0.3, 0.4) is 0 Å². The van der Waals surface area contributed by atoms with Crippen LogP contribution in [-0.4, -0.2) is 13.1 Å². The number of esters is 1. The first-order chi connectivity index (χ1) is 4.90. The standard InChI is InChI=1S/C6H12O2.2HI.Zn/c1-6(2,3)5(7)8-4;;;/h1-4H3;2*1H;/q;;;+2/p-2. The van der Waals surface area contributed by atoms with Gasteiger partial charge in [0.15, 0.2) is 0 Å². The summed E-state index contributed by atoms with van der Waals surface area (Å²) in [6, 6.07) is 0. The fourth-order valence-corrected chi connectivity index (χ4v) is 0.306. The molecule has 64 valence electrons. The molecule has 0 aliphatic heterocycles. The summed E-state index contributed by atoms with van der Waals surface area (Å²) in [6.45, 7) is 5.45. The summed E-state index contributed by atoms with van der Waals surface area (Å²) in [5.41, 5.74) is -0.352. The summed E-state index contributed by atoms with van der Waals surface area (Å²) in [4.78, 5) is 10.6. The molecule has 0 aromatic carbocycles. The second kappa shape index (κ2) is 8.17. The first-order valence-electron chi connectivity index (χ1n) is 3.10. The predicted molar refractivity (Wildman–Crippen MR) is 59.5 cm³/mol. The number of carbonyl (C=O) groups is 1. The van der Waals surface area contributed by atoms with Crippen LogP contribution in [-0.2, 0) is 19.6 Å². The zero-order chi connectivity index (χ0) is 9.49. The molecule has 0 aliphatic carbocycles. The first-order valence-corrected chi connectivity index (χ1v) is 21.2. The molecule has 0 fully saturated rings. The fourth-order valence-electron chi connectivity index (χ4n) is 0.306. The Morgan fingerprint density at radius 1 is 1.36 bits per heavy atom. The van der Waals surface area contributed by atoms with Gasteiger partial charge in [-0.2, -0.15) is 0 Å². The van der Waals surface area contributed by atoms with E-state index in [-0.39, 0.29) is 21.5 Å². The Kier molecular flexibility index (Phi) is 11.2. The molecule has 0 aromatic rings. The van der Waals surface area contributed by atoms with Crippen LogP contribution in [0, 0.1) is 5.41 Å². The topological polar surface area (TPSA) is 26.3 Å². The molecule has 11 heavy (non-hydrogen) atoms. The number of methoxy groups -OCH3 is 1. The van der Waals surface area contributed by atoms with Crippen LogP contribution in [0.15, 0.2) is 0 Å². The maximum absolute atomic E-state index is 10.6. The molecule has 0 aliphatic rings.